The maximum absolute atomic E-state index is 11.1. The van der Waals surface area contributed by atoms with E-state index in [1.165, 1.54) is 105 Å². The largest absolute Gasteiger partial charge is 3.00 e. The van der Waals surface area contributed by atoms with Crippen molar-refractivity contribution in [3.8, 4) is 46.0 Å². The van der Waals surface area contributed by atoms with Crippen LogP contribution in [0.25, 0.3) is 0 Å². The monoisotopic (exact) mass is 1300 g/mol. The number of ether oxygens (including phenoxy) is 4. The van der Waals surface area contributed by atoms with Crippen molar-refractivity contribution in [3.63, 3.8) is 0 Å². The van der Waals surface area contributed by atoms with Gasteiger partial charge in [0.2, 0.25) is 0 Å². The van der Waals surface area contributed by atoms with Crippen molar-refractivity contribution in [2.45, 2.75) is 27.7 Å². The van der Waals surface area contributed by atoms with Gasteiger partial charge in [-0.3, -0.25) is 19.2 Å². The molecule has 0 unspecified atom stereocenters. The number of methoxy groups -OCH3 is 4. The summed E-state index contributed by atoms with van der Waals surface area (Å²) >= 11 is 0. The fourth-order valence-corrected chi connectivity index (χ4v) is 3.15. The number of aldehydes is 4. The van der Waals surface area contributed by atoms with Gasteiger partial charge in [-0.25, -0.2) is 0 Å². The summed E-state index contributed by atoms with van der Waals surface area (Å²) in [6, 6.07) is 18.3. The van der Waals surface area contributed by atoms with Crippen molar-refractivity contribution in [1.82, 2.24) is 0 Å². The Morgan fingerprint density at radius 2 is 0.514 bits per heavy atom. The van der Waals surface area contributed by atoms with Crippen LogP contribution in [0.3, 0.4) is 0 Å². The molecule has 0 heterocycles. The molecule has 32 nitrogen and oxygen atoms in total. The molecule has 0 spiro atoms. The number of para-hydroxylation sites is 4. The van der Waals surface area contributed by atoms with Gasteiger partial charge in [0.1, 0.15) is 59.7 Å². The van der Waals surface area contributed by atoms with E-state index < -0.39 is 20.3 Å². The first-order valence-electron chi connectivity index (χ1n) is 16.9. The van der Waals surface area contributed by atoms with Crippen LogP contribution in [0, 0.1) is 61.3 Å². The number of ketones is 2. The molecule has 4 aromatic carbocycles. The standard InChI is InChI=1S/4C8H8O3.2C3H6O.2Co.4NO3.2H2O.2Y/c4*1-11-7-4-2-3-6(5-9)8(7)10;2*1-3(2)4;;;4*2-1(3)4;;;;/h4*2-5,10H,1H3;2*1-2H3;;;;;;;2*1H2;;/q;;;;;;+2;+3;4*-1;;;;+3/p-6. The van der Waals surface area contributed by atoms with E-state index >= 15 is 0 Å². The number of benzene rings is 4. The Morgan fingerprint density at radius 1 is 0.405 bits per heavy atom. The predicted octanol–water partition coefficient (Wildman–Crippen LogP) is 2.20. The normalized spacial score (nSPS) is 7.46. The molecule has 0 aliphatic rings. The zero-order valence-electron chi connectivity index (χ0n) is 39.4. The summed E-state index contributed by atoms with van der Waals surface area (Å²) in [5.41, 5.74) is 0.516. The molecule has 0 aliphatic heterocycles. The van der Waals surface area contributed by atoms with E-state index in [1.54, 1.807) is 24.3 Å². The zero-order chi connectivity index (χ0) is 54.5. The molecule has 0 amide bonds. The third-order valence-electron chi connectivity index (χ3n) is 5.42. The van der Waals surface area contributed by atoms with Crippen LogP contribution < -0.4 is 39.4 Å². The summed E-state index contributed by atoms with van der Waals surface area (Å²) in [6.45, 7) is 6.11. The minimum atomic E-state index is -1.75. The number of nitrogens with zero attached hydrogens (tertiary/aromatic N) is 4. The molecule has 0 aliphatic carbocycles. The van der Waals surface area contributed by atoms with Gasteiger partial charge in [-0.2, -0.15) is 0 Å². The number of Topliss-reactive ketones (excluding diaryl/α,β-unsaturated/α-hetero) is 2. The number of hydrogen-bond donors (Lipinski definition) is 0. The minimum Gasteiger partial charge on any atom is -0.870 e. The van der Waals surface area contributed by atoms with Gasteiger partial charge in [-0.15, -0.1) is 0 Å². The van der Waals surface area contributed by atoms with Crippen LogP contribution in [-0.4, -0.2) is 96.4 Å². The van der Waals surface area contributed by atoms with Crippen molar-refractivity contribution in [2.24, 2.45) is 0 Å². The molecular formula is C38H42Co2N4O28Y2-2. The van der Waals surface area contributed by atoms with Crippen molar-refractivity contribution in [3.05, 3.63) is 156 Å². The Morgan fingerprint density at radius 3 is 0.595 bits per heavy atom. The molecule has 0 saturated carbocycles. The minimum absolute atomic E-state index is 0. The van der Waals surface area contributed by atoms with Crippen LogP contribution in [0.2, 0.25) is 0 Å². The molecular weight excluding hydrogens is 1260 g/mol. The maximum Gasteiger partial charge on any atom is 3.00 e. The zero-order valence-corrected chi connectivity index (χ0v) is 47.1. The number of carbonyl (C=O) groups excluding carboxylic acids is 6. The Bertz CT molecular complexity index is 1850. The molecule has 408 valence electrons. The smallest absolute Gasteiger partial charge is 0.870 e. The maximum atomic E-state index is 11.1. The molecule has 36 heteroatoms. The summed E-state index contributed by atoms with van der Waals surface area (Å²) in [5, 5.41) is 103. The third-order valence-corrected chi connectivity index (χ3v) is 5.42. The molecule has 4 aromatic rings. The number of carbonyl (C=O) groups is 6. The fraction of sp³-hybridized carbons (Fsp3) is 0.211. The Labute approximate surface area is 489 Å². The molecule has 2 N–H and O–H groups in total. The van der Waals surface area contributed by atoms with Crippen molar-refractivity contribution in [1.29, 1.82) is 0 Å². The SMILES string of the molecule is CC(C)=O.CC(C)=O.COc1cccc(C=O)c1[O-].COc1cccc(C=O)c1[O-].COc1cccc(C=O)c1[O-].COc1cccc(C=O)c1[O-].O=[N+]([O-])[O-].O=[N+]([O-])[O-].O=[N+]([O-])[O-].O=[N+]([O-])[O-].[Co+2].[Co+3].[OH-].[OH-].[Y+3].[Y]. The van der Waals surface area contributed by atoms with E-state index in [0.29, 0.717) is 25.1 Å². The van der Waals surface area contributed by atoms with E-state index in [9.17, 15) is 49.2 Å². The average molecular weight is 1300 g/mol. The van der Waals surface area contributed by atoms with Crippen molar-refractivity contribution >= 4 is 36.7 Å². The second-order valence-corrected chi connectivity index (χ2v) is 10.7. The summed E-state index contributed by atoms with van der Waals surface area (Å²) < 4.78 is 18.9. The van der Waals surface area contributed by atoms with Crippen molar-refractivity contribution in [2.75, 3.05) is 28.4 Å². The van der Waals surface area contributed by atoms with Gasteiger partial charge in [-0.05, 0) is 52.0 Å². The topological polar surface area (TPSA) is 556 Å². The first-order valence-corrected chi connectivity index (χ1v) is 16.9. The molecule has 0 aromatic heterocycles. The van der Waals surface area contributed by atoms with Gasteiger partial charge >= 0.3 is 66.3 Å². The molecule has 0 fully saturated rings. The predicted molar refractivity (Wildman–Crippen MR) is 229 cm³/mol. The average Bonchev–Trinajstić information content (AvgIpc) is 3.23. The quantitative estimate of drug-likeness (QED) is 0.139. The van der Waals surface area contributed by atoms with E-state index in [-0.39, 0.29) is 190 Å². The Kier molecular flexibility index (Phi) is 81.5. The van der Waals surface area contributed by atoms with E-state index in [2.05, 4.69) is 0 Å². The summed E-state index contributed by atoms with van der Waals surface area (Å²) in [4.78, 5) is 92.8. The molecule has 0 bridgehead atoms. The number of rotatable bonds is 8. The Hall–Kier alpha value is -6.76. The van der Waals surface area contributed by atoms with Crippen LogP contribution in [-0.2, 0) is 109 Å². The van der Waals surface area contributed by atoms with Gasteiger partial charge < -0.3 is 121 Å². The van der Waals surface area contributed by atoms with Crippen molar-refractivity contribution < 1.29 is 198 Å². The van der Waals surface area contributed by atoms with Crippen LogP contribution >= 0.6 is 0 Å². The van der Waals surface area contributed by atoms with E-state index in [4.69, 9.17) is 80.2 Å². The first kappa shape index (κ1) is 96.7. The molecule has 0 atom stereocenters. The van der Waals surface area contributed by atoms with Crippen LogP contribution in [0.1, 0.15) is 69.1 Å². The third kappa shape index (κ3) is 63.3. The van der Waals surface area contributed by atoms with Gasteiger partial charge in [-0.1, -0.05) is 71.5 Å². The summed E-state index contributed by atoms with van der Waals surface area (Å²) in [5.74, 6) is -0.279. The second kappa shape index (κ2) is 62.4. The van der Waals surface area contributed by atoms with Gasteiger partial charge in [0.25, 0.3) is 0 Å². The van der Waals surface area contributed by atoms with Gasteiger partial charge in [0.15, 0.2) is 0 Å². The summed E-state index contributed by atoms with van der Waals surface area (Å²) in [7, 11) is 5.58. The van der Waals surface area contributed by atoms with Gasteiger partial charge in [0, 0.05) is 55.0 Å². The molecule has 74 heavy (non-hydrogen) atoms. The summed E-state index contributed by atoms with van der Waals surface area (Å²) in [6.07, 6.45) is 2.07. The van der Waals surface area contributed by atoms with Crippen LogP contribution in [0.4, 0.5) is 0 Å². The van der Waals surface area contributed by atoms with Gasteiger partial charge in [0.05, 0.1) is 48.8 Å². The van der Waals surface area contributed by atoms with Crippen LogP contribution in [0.15, 0.2) is 72.8 Å². The molecule has 2 radical (unpaired) electrons. The van der Waals surface area contributed by atoms with E-state index in [0.717, 1.165) is 0 Å². The molecule has 4 rings (SSSR count). The Balaban J connectivity index is -0.0000000592. The molecule has 0 saturated heterocycles. The first-order chi connectivity index (χ1) is 31.6. The second-order valence-electron chi connectivity index (χ2n) is 10.7. The number of hydrogen-bond acceptors (Lipinski definition) is 28. The van der Waals surface area contributed by atoms with E-state index in [1.807, 2.05) is 0 Å². The fourth-order valence-electron chi connectivity index (χ4n) is 3.15. The van der Waals surface area contributed by atoms with Crippen LogP contribution in [0.5, 0.6) is 46.0 Å².